The van der Waals surface area contributed by atoms with E-state index in [1.807, 2.05) is 61.5 Å². The average molecular weight is 252 g/mol. The van der Waals surface area contributed by atoms with E-state index in [1.54, 1.807) is 6.08 Å². The largest absolute Gasteiger partial charge is 0.486 e. The van der Waals surface area contributed by atoms with Gasteiger partial charge in [0.15, 0.2) is 0 Å². The summed E-state index contributed by atoms with van der Waals surface area (Å²) in [7, 11) is 0. The third kappa shape index (κ3) is 3.81. The summed E-state index contributed by atoms with van der Waals surface area (Å²) < 4.78 is 5.90. The van der Waals surface area contributed by atoms with Crippen LogP contribution in [0, 0.1) is 0 Å². The average Bonchev–Trinajstić information content (AvgIpc) is 2.46. The van der Waals surface area contributed by atoms with Gasteiger partial charge in [-0.25, -0.2) is 0 Å². The normalized spacial score (nSPS) is 12.3. The molecule has 0 radical (unpaired) electrons. The van der Waals surface area contributed by atoms with Crippen molar-refractivity contribution in [1.29, 1.82) is 0 Å². The Morgan fingerprint density at radius 2 is 1.84 bits per heavy atom. The lowest BCUT2D eigenvalue weighted by Crippen LogP contribution is -2.02. The van der Waals surface area contributed by atoms with E-state index >= 15 is 0 Å². The van der Waals surface area contributed by atoms with Crippen LogP contribution in [0.4, 0.5) is 0 Å². The summed E-state index contributed by atoms with van der Waals surface area (Å²) in [5, 5.41) is 0. The van der Waals surface area contributed by atoms with Gasteiger partial charge >= 0.3 is 0 Å². The van der Waals surface area contributed by atoms with Crippen LogP contribution in [0.5, 0.6) is 5.75 Å². The topological polar surface area (TPSA) is 26.3 Å². The minimum atomic E-state index is -0.00787. The van der Waals surface area contributed by atoms with E-state index < -0.39 is 0 Å². The molecule has 0 aliphatic carbocycles. The molecule has 0 aliphatic heterocycles. The number of carbonyl (C=O) groups excluding carboxylic acids is 1. The summed E-state index contributed by atoms with van der Waals surface area (Å²) in [6.07, 6.45) is 3.99. The molecule has 2 nitrogen and oxygen atoms in total. The Hall–Kier alpha value is -2.35. The van der Waals surface area contributed by atoms with Crippen molar-refractivity contribution in [3.63, 3.8) is 0 Å². The van der Waals surface area contributed by atoms with E-state index in [9.17, 15) is 4.79 Å². The maximum atomic E-state index is 10.3. The summed E-state index contributed by atoms with van der Waals surface area (Å²) in [5.74, 6) is 0.796. The Morgan fingerprint density at radius 3 is 2.58 bits per heavy atom. The summed E-state index contributed by atoms with van der Waals surface area (Å²) in [6, 6.07) is 17.7. The van der Waals surface area contributed by atoms with Crippen LogP contribution in [0.3, 0.4) is 0 Å². The second kappa shape index (κ2) is 6.55. The van der Waals surface area contributed by atoms with Gasteiger partial charge in [0, 0.05) is 0 Å². The van der Waals surface area contributed by atoms with Crippen molar-refractivity contribution in [3.8, 4) is 5.75 Å². The molecule has 2 rings (SSSR count). The van der Waals surface area contributed by atoms with Crippen molar-refractivity contribution in [1.82, 2.24) is 0 Å². The highest BCUT2D eigenvalue weighted by molar-refractivity contribution is 5.74. The molecule has 0 saturated carbocycles. The van der Waals surface area contributed by atoms with E-state index in [2.05, 4.69) is 0 Å². The lowest BCUT2D eigenvalue weighted by Gasteiger charge is -2.15. The van der Waals surface area contributed by atoms with Gasteiger partial charge in [0.2, 0.25) is 0 Å². The van der Waals surface area contributed by atoms with Gasteiger partial charge in [-0.05, 0) is 36.3 Å². The summed E-state index contributed by atoms with van der Waals surface area (Å²) >= 11 is 0. The number of hydrogen-bond donors (Lipinski definition) is 0. The molecule has 0 fully saturated rings. The molecule has 0 N–H and O–H groups in total. The third-order valence-electron chi connectivity index (χ3n) is 2.81. The van der Waals surface area contributed by atoms with Crippen molar-refractivity contribution < 1.29 is 9.53 Å². The predicted molar refractivity (Wildman–Crippen MR) is 77.0 cm³/mol. The van der Waals surface area contributed by atoms with Crippen molar-refractivity contribution in [2.24, 2.45) is 0 Å². The van der Waals surface area contributed by atoms with E-state index in [-0.39, 0.29) is 6.10 Å². The maximum absolute atomic E-state index is 10.3. The van der Waals surface area contributed by atoms with E-state index in [0.29, 0.717) is 0 Å². The molecule has 0 heterocycles. The van der Waals surface area contributed by atoms with E-state index in [1.165, 1.54) is 6.08 Å². The molecule has 0 aromatic heterocycles. The highest BCUT2D eigenvalue weighted by Gasteiger charge is 2.06. The lowest BCUT2D eigenvalue weighted by molar-refractivity contribution is -0.104. The fourth-order valence-corrected chi connectivity index (χ4v) is 1.84. The van der Waals surface area contributed by atoms with Gasteiger partial charge in [0.1, 0.15) is 18.1 Å². The molecule has 1 atom stereocenters. The van der Waals surface area contributed by atoms with Crippen LogP contribution in [-0.2, 0) is 4.79 Å². The molecule has 19 heavy (non-hydrogen) atoms. The van der Waals surface area contributed by atoms with Gasteiger partial charge in [-0.2, -0.15) is 0 Å². The molecule has 0 aliphatic rings. The van der Waals surface area contributed by atoms with Gasteiger partial charge in [0.25, 0.3) is 0 Å². The maximum Gasteiger partial charge on any atom is 0.142 e. The van der Waals surface area contributed by atoms with Crippen LogP contribution in [0.1, 0.15) is 24.2 Å². The van der Waals surface area contributed by atoms with Crippen molar-refractivity contribution in [2.45, 2.75) is 13.0 Å². The Bertz CT molecular complexity index is 558. The summed E-state index contributed by atoms with van der Waals surface area (Å²) in [5.41, 5.74) is 2.08. The van der Waals surface area contributed by atoms with Crippen LogP contribution in [0.2, 0.25) is 0 Å². The molecule has 0 bridgehead atoms. The number of allylic oxidation sites excluding steroid dienone is 1. The van der Waals surface area contributed by atoms with Crippen molar-refractivity contribution in [2.75, 3.05) is 0 Å². The zero-order valence-corrected chi connectivity index (χ0v) is 10.8. The highest BCUT2D eigenvalue weighted by Crippen LogP contribution is 2.22. The van der Waals surface area contributed by atoms with Crippen LogP contribution in [0.25, 0.3) is 6.08 Å². The molecular weight excluding hydrogens is 236 g/mol. The SMILES string of the molecule is CC(Oc1cccc(/C=C/C=O)c1)c1ccccc1. The van der Waals surface area contributed by atoms with Crippen molar-refractivity contribution >= 4 is 12.4 Å². The lowest BCUT2D eigenvalue weighted by atomic mass is 10.1. The zero-order valence-electron chi connectivity index (χ0n) is 10.8. The second-order valence-corrected chi connectivity index (χ2v) is 4.24. The number of ether oxygens (including phenoxy) is 1. The quantitative estimate of drug-likeness (QED) is 0.593. The number of benzene rings is 2. The summed E-state index contributed by atoms with van der Waals surface area (Å²) in [4.78, 5) is 10.3. The van der Waals surface area contributed by atoms with Crippen LogP contribution < -0.4 is 4.74 Å². The minimum absolute atomic E-state index is 0.00787. The van der Waals surface area contributed by atoms with Crippen molar-refractivity contribution in [3.05, 3.63) is 71.8 Å². The minimum Gasteiger partial charge on any atom is -0.486 e. The Labute approximate surface area is 113 Å². The van der Waals surface area contributed by atoms with Gasteiger partial charge in [-0.15, -0.1) is 0 Å². The van der Waals surface area contributed by atoms with Crippen LogP contribution in [0.15, 0.2) is 60.7 Å². The van der Waals surface area contributed by atoms with Gasteiger partial charge < -0.3 is 4.74 Å². The molecule has 2 heteroatoms. The van der Waals surface area contributed by atoms with Gasteiger partial charge in [0.05, 0.1) is 0 Å². The fourth-order valence-electron chi connectivity index (χ4n) is 1.84. The highest BCUT2D eigenvalue weighted by atomic mass is 16.5. The first-order valence-electron chi connectivity index (χ1n) is 6.23. The Kier molecular flexibility index (Phi) is 4.51. The first-order valence-corrected chi connectivity index (χ1v) is 6.23. The van der Waals surface area contributed by atoms with Gasteiger partial charge in [-0.3, -0.25) is 4.79 Å². The number of aldehydes is 1. The molecule has 2 aromatic rings. The molecule has 1 unspecified atom stereocenters. The monoisotopic (exact) mass is 252 g/mol. The molecular formula is C17H16O2. The number of hydrogen-bond acceptors (Lipinski definition) is 2. The number of rotatable bonds is 5. The van der Waals surface area contributed by atoms with Crippen LogP contribution >= 0.6 is 0 Å². The third-order valence-corrected chi connectivity index (χ3v) is 2.81. The molecule has 0 spiro atoms. The van der Waals surface area contributed by atoms with E-state index in [0.717, 1.165) is 23.2 Å². The first-order chi connectivity index (χ1) is 9.29. The first kappa shape index (κ1) is 13.1. The molecule has 0 saturated heterocycles. The predicted octanol–water partition coefficient (Wildman–Crippen LogP) is 4.04. The van der Waals surface area contributed by atoms with Gasteiger partial charge in [-0.1, -0.05) is 48.5 Å². The number of carbonyl (C=O) groups is 1. The molecule has 2 aromatic carbocycles. The standard InChI is InChI=1S/C17H16O2/c1-14(16-9-3-2-4-10-16)19-17-11-5-7-15(13-17)8-6-12-18/h2-14H,1H3/b8-6+. The summed E-state index contributed by atoms with van der Waals surface area (Å²) in [6.45, 7) is 2.02. The smallest absolute Gasteiger partial charge is 0.142 e. The van der Waals surface area contributed by atoms with E-state index in [4.69, 9.17) is 4.74 Å². The molecule has 96 valence electrons. The Balaban J connectivity index is 2.11. The zero-order chi connectivity index (χ0) is 13.5. The molecule has 0 amide bonds. The van der Waals surface area contributed by atoms with Crippen LogP contribution in [-0.4, -0.2) is 6.29 Å². The fraction of sp³-hybridized carbons (Fsp3) is 0.118. The Morgan fingerprint density at radius 1 is 1.05 bits per heavy atom. The second-order valence-electron chi connectivity index (χ2n) is 4.24.